The Morgan fingerprint density at radius 2 is 2.21 bits per heavy atom. The first kappa shape index (κ1) is 11.1. The lowest BCUT2D eigenvalue weighted by Gasteiger charge is -2.13. The van der Waals surface area contributed by atoms with Crippen LogP contribution in [-0.2, 0) is 0 Å². The van der Waals surface area contributed by atoms with E-state index in [4.69, 9.17) is 21.4 Å². The van der Waals surface area contributed by atoms with E-state index in [0.29, 0.717) is 0 Å². The van der Waals surface area contributed by atoms with Gasteiger partial charge in [-0.25, -0.2) is 13.8 Å². The van der Waals surface area contributed by atoms with Gasteiger partial charge in [-0.3, -0.25) is 0 Å². The zero-order valence-electron chi connectivity index (χ0n) is 7.25. The van der Waals surface area contributed by atoms with Gasteiger partial charge in [0.25, 0.3) is 6.43 Å². The molecule has 0 saturated heterocycles. The third-order valence-corrected chi connectivity index (χ3v) is 1.96. The molecule has 0 aliphatic heterocycles. The minimum Gasteiger partial charge on any atom is -0.481 e. The molecule has 0 bridgehead atoms. The number of pyridine rings is 1. The Balaban J connectivity index is 3.16. The maximum atomic E-state index is 12.2. The van der Waals surface area contributed by atoms with Gasteiger partial charge >= 0.3 is 0 Å². The fourth-order valence-electron chi connectivity index (χ4n) is 0.988. The van der Waals surface area contributed by atoms with E-state index in [1.54, 1.807) is 0 Å². The molecule has 0 saturated carbocycles. The van der Waals surface area contributed by atoms with Gasteiger partial charge in [-0.1, -0.05) is 11.6 Å². The second-order valence-electron chi connectivity index (χ2n) is 2.50. The van der Waals surface area contributed by atoms with Gasteiger partial charge < -0.3 is 9.84 Å². The summed E-state index contributed by atoms with van der Waals surface area (Å²) in [6, 6.07) is 1.31. The van der Waals surface area contributed by atoms with Gasteiger partial charge in [-0.05, 0) is 6.07 Å². The van der Waals surface area contributed by atoms with Crippen molar-refractivity contribution in [2.45, 2.75) is 12.5 Å². The number of rotatable bonds is 3. The van der Waals surface area contributed by atoms with Crippen LogP contribution in [0.5, 0.6) is 5.88 Å². The molecule has 0 aliphatic rings. The molecule has 0 aromatic carbocycles. The summed E-state index contributed by atoms with van der Waals surface area (Å²) in [4.78, 5) is 3.66. The zero-order valence-corrected chi connectivity index (χ0v) is 8.00. The molecule has 1 unspecified atom stereocenters. The first-order valence-corrected chi connectivity index (χ1v) is 4.10. The number of nitrogens with zero attached hydrogens (tertiary/aromatic N) is 1. The van der Waals surface area contributed by atoms with Crippen LogP contribution in [-0.4, -0.2) is 23.6 Å². The topological polar surface area (TPSA) is 42.4 Å². The molecule has 1 aromatic heterocycles. The second-order valence-corrected chi connectivity index (χ2v) is 2.90. The summed E-state index contributed by atoms with van der Waals surface area (Å²) in [6.07, 6.45) is -3.60. The Morgan fingerprint density at radius 3 is 2.71 bits per heavy atom. The normalized spacial score (nSPS) is 13.0. The molecular weight excluding hydrogens is 216 g/mol. The van der Waals surface area contributed by atoms with Crippen molar-refractivity contribution in [3.8, 4) is 5.88 Å². The number of ether oxygens (including phenoxy) is 1. The molecule has 0 spiro atoms. The first-order valence-electron chi connectivity index (χ1n) is 3.72. The molecule has 1 N–H and O–H groups in total. The van der Waals surface area contributed by atoms with Crippen molar-refractivity contribution in [2.24, 2.45) is 0 Å². The summed E-state index contributed by atoms with van der Waals surface area (Å²) in [5.41, 5.74) is -0.188. The van der Waals surface area contributed by atoms with E-state index >= 15 is 0 Å². The third-order valence-electron chi connectivity index (χ3n) is 1.63. The van der Waals surface area contributed by atoms with E-state index in [-0.39, 0.29) is 16.5 Å². The Labute approximate surface area is 84.3 Å². The van der Waals surface area contributed by atoms with E-state index < -0.39 is 12.5 Å². The number of hydrogen-bond acceptors (Lipinski definition) is 3. The summed E-state index contributed by atoms with van der Waals surface area (Å²) in [7, 11) is 1.26. The average Bonchev–Trinajstić information content (AvgIpc) is 2.16. The highest BCUT2D eigenvalue weighted by molar-refractivity contribution is 6.31. The number of aliphatic hydroxyl groups excluding tert-OH is 1. The Bertz CT molecular complexity index is 322. The van der Waals surface area contributed by atoms with Crippen LogP contribution in [0.4, 0.5) is 8.78 Å². The molecule has 6 heteroatoms. The Hall–Kier alpha value is -0.940. The number of alkyl halides is 2. The highest BCUT2D eigenvalue weighted by Crippen LogP contribution is 2.33. The summed E-state index contributed by atoms with van der Waals surface area (Å²) in [5.74, 6) is -0.0923. The van der Waals surface area contributed by atoms with Crippen molar-refractivity contribution in [1.82, 2.24) is 4.98 Å². The molecule has 14 heavy (non-hydrogen) atoms. The monoisotopic (exact) mass is 223 g/mol. The predicted molar refractivity (Wildman–Crippen MR) is 46.8 cm³/mol. The number of hydrogen-bond donors (Lipinski definition) is 1. The van der Waals surface area contributed by atoms with Gasteiger partial charge in [-0.15, -0.1) is 0 Å². The minimum atomic E-state index is -2.93. The Kier molecular flexibility index (Phi) is 3.60. The van der Waals surface area contributed by atoms with Crippen LogP contribution in [0.15, 0.2) is 12.3 Å². The van der Waals surface area contributed by atoms with Crippen molar-refractivity contribution < 1.29 is 18.6 Å². The first-order chi connectivity index (χ1) is 6.57. The van der Waals surface area contributed by atoms with Crippen molar-refractivity contribution in [2.75, 3.05) is 7.11 Å². The average molecular weight is 224 g/mol. The minimum absolute atomic E-state index is 0.00431. The van der Waals surface area contributed by atoms with Crippen LogP contribution < -0.4 is 4.74 Å². The number of methoxy groups -OCH3 is 1. The van der Waals surface area contributed by atoms with E-state index in [1.165, 1.54) is 19.4 Å². The fraction of sp³-hybridized carbons (Fsp3) is 0.375. The van der Waals surface area contributed by atoms with Crippen LogP contribution in [0.25, 0.3) is 0 Å². The van der Waals surface area contributed by atoms with E-state index in [0.717, 1.165) is 0 Å². The molecule has 78 valence electrons. The zero-order chi connectivity index (χ0) is 10.7. The van der Waals surface area contributed by atoms with Gasteiger partial charge in [0, 0.05) is 6.20 Å². The lowest BCUT2D eigenvalue weighted by Crippen LogP contribution is -2.11. The van der Waals surface area contributed by atoms with Gasteiger partial charge in [0.1, 0.15) is 6.10 Å². The molecular formula is C8H8ClF2NO2. The van der Waals surface area contributed by atoms with Crippen LogP contribution in [0.1, 0.15) is 11.7 Å². The molecule has 0 amide bonds. The van der Waals surface area contributed by atoms with Crippen molar-refractivity contribution >= 4 is 11.6 Å². The third kappa shape index (κ3) is 2.10. The molecule has 1 atom stereocenters. The number of halogens is 3. The predicted octanol–water partition coefficient (Wildman–Crippen LogP) is 2.04. The maximum Gasteiger partial charge on any atom is 0.268 e. The fourth-order valence-corrected chi connectivity index (χ4v) is 1.24. The lowest BCUT2D eigenvalue weighted by atomic mass is 10.1. The van der Waals surface area contributed by atoms with Crippen molar-refractivity contribution in [3.63, 3.8) is 0 Å². The largest absolute Gasteiger partial charge is 0.481 e. The molecule has 1 rings (SSSR count). The lowest BCUT2D eigenvalue weighted by molar-refractivity contribution is -0.00724. The maximum absolute atomic E-state index is 12.2. The van der Waals surface area contributed by atoms with Crippen molar-refractivity contribution in [1.29, 1.82) is 0 Å². The molecule has 1 aromatic rings. The summed E-state index contributed by atoms with van der Waals surface area (Å²) < 4.78 is 29.1. The molecule has 3 nitrogen and oxygen atoms in total. The quantitative estimate of drug-likeness (QED) is 0.853. The number of aromatic nitrogens is 1. The standard InChI is InChI=1S/C8H8ClF2NO2/c1-14-8-5(6(13)7(10)11)4(9)2-3-12-8/h2-3,6-7,13H,1H3. The van der Waals surface area contributed by atoms with Gasteiger partial charge in [0.05, 0.1) is 17.7 Å². The van der Waals surface area contributed by atoms with Gasteiger partial charge in [-0.2, -0.15) is 0 Å². The van der Waals surface area contributed by atoms with Crippen LogP contribution in [0.2, 0.25) is 5.02 Å². The van der Waals surface area contributed by atoms with Crippen LogP contribution >= 0.6 is 11.6 Å². The summed E-state index contributed by atoms with van der Waals surface area (Å²) in [6.45, 7) is 0. The van der Waals surface area contributed by atoms with Crippen LogP contribution in [0.3, 0.4) is 0 Å². The molecule has 0 aliphatic carbocycles. The summed E-state index contributed by atoms with van der Waals surface area (Å²) >= 11 is 5.63. The molecule has 0 radical (unpaired) electrons. The van der Waals surface area contributed by atoms with E-state index in [2.05, 4.69) is 4.98 Å². The Morgan fingerprint density at radius 1 is 1.57 bits per heavy atom. The molecule has 1 heterocycles. The van der Waals surface area contributed by atoms with E-state index in [9.17, 15) is 8.78 Å². The van der Waals surface area contributed by atoms with Gasteiger partial charge in [0.2, 0.25) is 5.88 Å². The SMILES string of the molecule is COc1nccc(Cl)c1C(O)C(F)F. The summed E-state index contributed by atoms with van der Waals surface area (Å²) in [5, 5.41) is 9.14. The smallest absolute Gasteiger partial charge is 0.268 e. The van der Waals surface area contributed by atoms with Gasteiger partial charge in [0.15, 0.2) is 0 Å². The molecule has 0 fully saturated rings. The highest BCUT2D eigenvalue weighted by Gasteiger charge is 2.26. The second kappa shape index (κ2) is 4.52. The highest BCUT2D eigenvalue weighted by atomic mass is 35.5. The van der Waals surface area contributed by atoms with Crippen molar-refractivity contribution in [3.05, 3.63) is 22.8 Å². The van der Waals surface area contributed by atoms with Crippen LogP contribution in [0, 0.1) is 0 Å². The van der Waals surface area contributed by atoms with E-state index in [1.807, 2.05) is 0 Å². The number of aliphatic hydroxyl groups is 1.